The average Bonchev–Trinajstić information content (AvgIpc) is 2.27. The molecule has 1 aliphatic rings. The lowest BCUT2D eigenvalue weighted by Gasteiger charge is -2.27. The first-order chi connectivity index (χ1) is 7.59. The van der Waals surface area contributed by atoms with Crippen LogP contribution in [0, 0.1) is 0 Å². The Labute approximate surface area is 101 Å². The minimum Gasteiger partial charge on any atom is -0.379 e. The number of ether oxygens (including phenoxy) is 1. The Balaban J connectivity index is 2.14. The van der Waals surface area contributed by atoms with Gasteiger partial charge in [0.05, 0.1) is 13.2 Å². The van der Waals surface area contributed by atoms with E-state index in [1.165, 1.54) is 0 Å². The minimum atomic E-state index is -0.736. The molecule has 1 fully saturated rings. The minimum absolute atomic E-state index is 0.220. The second-order valence-corrected chi connectivity index (χ2v) is 6.38. The van der Waals surface area contributed by atoms with Gasteiger partial charge in [0.25, 0.3) is 0 Å². The molecule has 1 aliphatic heterocycles. The predicted octanol–water partition coefficient (Wildman–Crippen LogP) is 0.110. The van der Waals surface area contributed by atoms with Crippen LogP contribution in [0.15, 0.2) is 0 Å². The first-order valence-corrected chi connectivity index (χ1v) is 7.58. The molecular weight excluding hydrogens is 224 g/mol. The van der Waals surface area contributed by atoms with E-state index in [1.807, 2.05) is 6.92 Å². The number of hydrogen-bond acceptors (Lipinski definition) is 4. The fraction of sp³-hybridized carbons (Fsp3) is 1.00. The first-order valence-electron chi connectivity index (χ1n) is 5.96. The van der Waals surface area contributed by atoms with E-state index in [9.17, 15) is 4.21 Å². The van der Waals surface area contributed by atoms with Gasteiger partial charge in [0, 0.05) is 47.5 Å². The summed E-state index contributed by atoms with van der Waals surface area (Å²) in [5.74, 6) is 0. The zero-order valence-electron chi connectivity index (χ0n) is 10.5. The molecule has 0 spiro atoms. The molecule has 0 aromatic heterocycles. The smallest absolute Gasteiger partial charge is 0.0620 e. The van der Waals surface area contributed by atoms with Crippen LogP contribution in [0.25, 0.3) is 0 Å². The molecule has 1 saturated heterocycles. The van der Waals surface area contributed by atoms with E-state index in [4.69, 9.17) is 4.74 Å². The van der Waals surface area contributed by atoms with Crippen LogP contribution in [0.2, 0.25) is 0 Å². The molecule has 0 aromatic carbocycles. The lowest BCUT2D eigenvalue weighted by Crippen LogP contribution is -2.45. The van der Waals surface area contributed by atoms with Gasteiger partial charge in [0.1, 0.15) is 0 Å². The summed E-state index contributed by atoms with van der Waals surface area (Å²) >= 11 is 0. The van der Waals surface area contributed by atoms with Crippen molar-refractivity contribution in [3.05, 3.63) is 0 Å². The van der Waals surface area contributed by atoms with Gasteiger partial charge in [-0.25, -0.2) is 0 Å². The van der Waals surface area contributed by atoms with Crippen molar-refractivity contribution in [3.8, 4) is 0 Å². The predicted molar refractivity (Wildman–Crippen MR) is 68.2 cm³/mol. The van der Waals surface area contributed by atoms with Crippen molar-refractivity contribution in [3.63, 3.8) is 0 Å². The van der Waals surface area contributed by atoms with Crippen molar-refractivity contribution in [1.29, 1.82) is 0 Å². The monoisotopic (exact) mass is 248 g/mol. The molecule has 0 aliphatic carbocycles. The molecule has 4 unspecified atom stereocenters. The number of morpholine rings is 1. The molecule has 1 rings (SSSR count). The van der Waals surface area contributed by atoms with E-state index >= 15 is 0 Å². The number of hydrogen-bond donors (Lipinski definition) is 2. The van der Waals surface area contributed by atoms with E-state index < -0.39 is 10.8 Å². The SMILES string of the molecule is CC(CC1COCCN1)NCC(C)S(C)=O. The molecule has 2 N–H and O–H groups in total. The van der Waals surface area contributed by atoms with Gasteiger partial charge >= 0.3 is 0 Å². The topological polar surface area (TPSA) is 50.4 Å². The van der Waals surface area contributed by atoms with E-state index in [2.05, 4.69) is 17.6 Å². The van der Waals surface area contributed by atoms with Crippen LogP contribution >= 0.6 is 0 Å². The summed E-state index contributed by atoms with van der Waals surface area (Å²) in [7, 11) is -0.736. The maximum atomic E-state index is 11.2. The van der Waals surface area contributed by atoms with Gasteiger partial charge in [-0.1, -0.05) is 0 Å². The number of rotatable bonds is 6. The highest BCUT2D eigenvalue weighted by Gasteiger charge is 2.16. The highest BCUT2D eigenvalue weighted by Crippen LogP contribution is 2.03. The Morgan fingerprint density at radius 1 is 1.56 bits per heavy atom. The fourth-order valence-electron chi connectivity index (χ4n) is 1.77. The van der Waals surface area contributed by atoms with E-state index in [1.54, 1.807) is 6.26 Å². The summed E-state index contributed by atoms with van der Waals surface area (Å²) in [6, 6.07) is 0.892. The molecule has 0 bridgehead atoms. The molecule has 5 heteroatoms. The molecule has 0 radical (unpaired) electrons. The zero-order valence-corrected chi connectivity index (χ0v) is 11.3. The van der Waals surface area contributed by atoms with Gasteiger partial charge < -0.3 is 15.4 Å². The largest absolute Gasteiger partial charge is 0.379 e. The first kappa shape index (κ1) is 14.1. The molecule has 0 aromatic rings. The second kappa shape index (κ2) is 7.37. The summed E-state index contributed by atoms with van der Waals surface area (Å²) in [6.07, 6.45) is 2.82. The Kier molecular flexibility index (Phi) is 6.49. The second-order valence-electron chi connectivity index (χ2n) is 4.58. The fourth-order valence-corrected chi connectivity index (χ4v) is 2.10. The molecular formula is C11H24N2O2S. The molecule has 0 saturated carbocycles. The molecule has 96 valence electrons. The molecule has 4 nitrogen and oxygen atoms in total. The van der Waals surface area contributed by atoms with E-state index in [0.29, 0.717) is 12.1 Å². The molecule has 4 atom stereocenters. The van der Waals surface area contributed by atoms with Crippen LogP contribution in [0.4, 0.5) is 0 Å². The van der Waals surface area contributed by atoms with Crippen LogP contribution in [-0.2, 0) is 15.5 Å². The standard InChI is InChI=1S/C11H24N2O2S/c1-9(13-7-10(2)16(3)14)6-11-8-15-5-4-12-11/h9-13H,4-8H2,1-3H3. The van der Waals surface area contributed by atoms with Crippen LogP contribution in [-0.4, -0.2) is 54.1 Å². The highest BCUT2D eigenvalue weighted by atomic mass is 32.2. The van der Waals surface area contributed by atoms with Gasteiger partial charge in [-0.3, -0.25) is 4.21 Å². The molecule has 0 amide bonds. The summed E-state index contributed by atoms with van der Waals surface area (Å²) in [6.45, 7) is 7.58. The van der Waals surface area contributed by atoms with Gasteiger partial charge in [-0.2, -0.15) is 0 Å². The van der Waals surface area contributed by atoms with Crippen LogP contribution < -0.4 is 10.6 Å². The van der Waals surface area contributed by atoms with Crippen LogP contribution in [0.1, 0.15) is 20.3 Å². The maximum Gasteiger partial charge on any atom is 0.0620 e. The van der Waals surface area contributed by atoms with Crippen LogP contribution in [0.5, 0.6) is 0 Å². The molecule has 1 heterocycles. The van der Waals surface area contributed by atoms with Gasteiger partial charge in [0.2, 0.25) is 0 Å². The third kappa shape index (κ3) is 5.39. The lowest BCUT2D eigenvalue weighted by atomic mass is 10.1. The van der Waals surface area contributed by atoms with Crippen molar-refractivity contribution >= 4 is 10.8 Å². The quantitative estimate of drug-likeness (QED) is 0.700. The Bertz CT molecular complexity index is 220. The van der Waals surface area contributed by atoms with Crippen molar-refractivity contribution < 1.29 is 8.95 Å². The summed E-state index contributed by atoms with van der Waals surface area (Å²) < 4.78 is 16.6. The maximum absolute atomic E-state index is 11.2. The average molecular weight is 248 g/mol. The summed E-state index contributed by atoms with van der Waals surface area (Å²) in [4.78, 5) is 0. The molecule has 16 heavy (non-hydrogen) atoms. The van der Waals surface area contributed by atoms with E-state index in [0.717, 1.165) is 32.7 Å². The summed E-state index contributed by atoms with van der Waals surface area (Å²) in [5.41, 5.74) is 0. The van der Waals surface area contributed by atoms with Crippen molar-refractivity contribution in [2.24, 2.45) is 0 Å². The third-order valence-corrected chi connectivity index (χ3v) is 4.26. The third-order valence-electron chi connectivity index (χ3n) is 2.96. The summed E-state index contributed by atoms with van der Waals surface area (Å²) in [5, 5.41) is 7.08. The van der Waals surface area contributed by atoms with Gasteiger partial charge in [-0.05, 0) is 20.3 Å². The van der Waals surface area contributed by atoms with Crippen LogP contribution in [0.3, 0.4) is 0 Å². The normalized spacial score (nSPS) is 27.3. The lowest BCUT2D eigenvalue weighted by molar-refractivity contribution is 0.0713. The van der Waals surface area contributed by atoms with Gasteiger partial charge in [-0.15, -0.1) is 0 Å². The highest BCUT2D eigenvalue weighted by molar-refractivity contribution is 7.84. The Hall–Kier alpha value is 0.0300. The van der Waals surface area contributed by atoms with Gasteiger partial charge in [0.15, 0.2) is 0 Å². The van der Waals surface area contributed by atoms with E-state index in [-0.39, 0.29) is 5.25 Å². The Morgan fingerprint density at radius 3 is 2.88 bits per heavy atom. The van der Waals surface area contributed by atoms with Crippen molar-refractivity contribution in [2.75, 3.05) is 32.6 Å². The number of nitrogens with one attached hydrogen (secondary N) is 2. The van der Waals surface area contributed by atoms with Crippen molar-refractivity contribution in [2.45, 2.75) is 37.6 Å². The van der Waals surface area contributed by atoms with Crippen molar-refractivity contribution in [1.82, 2.24) is 10.6 Å². The zero-order chi connectivity index (χ0) is 12.0. The Morgan fingerprint density at radius 2 is 2.31 bits per heavy atom.